The number of carbonyl (C=O) groups excluding carboxylic acids is 2. The molecule has 148 valence electrons. The lowest BCUT2D eigenvalue weighted by Crippen LogP contribution is -2.41. The van der Waals surface area contributed by atoms with Gasteiger partial charge in [0.15, 0.2) is 0 Å². The molecule has 0 aromatic heterocycles. The second-order valence-electron chi connectivity index (χ2n) is 8.25. The minimum Gasteiger partial charge on any atom is -0.478 e. The van der Waals surface area contributed by atoms with E-state index >= 15 is 0 Å². The summed E-state index contributed by atoms with van der Waals surface area (Å²) in [6.07, 6.45) is 2.78. The van der Waals surface area contributed by atoms with Crippen LogP contribution in [0.25, 0.3) is 0 Å². The highest BCUT2D eigenvalue weighted by Crippen LogP contribution is 2.24. The number of rotatable bonds is 6. The zero-order valence-corrected chi connectivity index (χ0v) is 16.5. The molecule has 6 nitrogen and oxygen atoms in total. The van der Waals surface area contributed by atoms with Crippen LogP contribution in [0.15, 0.2) is 24.3 Å². The number of amides is 2. The third kappa shape index (κ3) is 6.08. The molecule has 0 aliphatic carbocycles. The number of aromatic carboxylic acids is 1. The lowest BCUT2D eigenvalue weighted by molar-refractivity contribution is -0.133. The van der Waals surface area contributed by atoms with Crippen LogP contribution in [-0.4, -0.2) is 47.4 Å². The number of likely N-dealkylation sites (tertiary alicyclic amines) is 1. The van der Waals surface area contributed by atoms with Crippen LogP contribution in [0.3, 0.4) is 0 Å². The Labute approximate surface area is 160 Å². The van der Waals surface area contributed by atoms with Crippen LogP contribution >= 0.6 is 0 Å². The Morgan fingerprint density at radius 3 is 2.37 bits per heavy atom. The molecule has 2 N–H and O–H groups in total. The van der Waals surface area contributed by atoms with Gasteiger partial charge in [0.2, 0.25) is 11.8 Å². The highest BCUT2D eigenvalue weighted by molar-refractivity contribution is 5.89. The summed E-state index contributed by atoms with van der Waals surface area (Å²) in [6, 6.07) is 7.13. The molecular formula is C21H30N2O4. The van der Waals surface area contributed by atoms with E-state index in [1.807, 2.05) is 37.8 Å². The van der Waals surface area contributed by atoms with E-state index in [0.29, 0.717) is 37.5 Å². The molecule has 0 unspecified atom stereocenters. The molecule has 1 fully saturated rings. The van der Waals surface area contributed by atoms with Crippen LogP contribution in [0, 0.1) is 11.3 Å². The predicted octanol–water partition coefficient (Wildman–Crippen LogP) is 2.72. The van der Waals surface area contributed by atoms with Gasteiger partial charge in [0.05, 0.1) is 5.56 Å². The molecule has 2 amide bonds. The smallest absolute Gasteiger partial charge is 0.335 e. The highest BCUT2D eigenvalue weighted by Gasteiger charge is 2.25. The molecule has 1 heterocycles. The van der Waals surface area contributed by atoms with Crippen molar-refractivity contribution in [2.75, 3.05) is 19.6 Å². The molecule has 0 bridgehead atoms. The molecule has 1 aliphatic rings. The maximum Gasteiger partial charge on any atom is 0.335 e. The number of piperidine rings is 1. The van der Waals surface area contributed by atoms with Gasteiger partial charge in [-0.05, 0) is 36.8 Å². The van der Waals surface area contributed by atoms with Crippen LogP contribution in [0.4, 0.5) is 0 Å². The summed E-state index contributed by atoms with van der Waals surface area (Å²) in [5.41, 5.74) is 0.776. The minimum atomic E-state index is -0.893. The summed E-state index contributed by atoms with van der Waals surface area (Å²) >= 11 is 0. The molecule has 1 aliphatic heterocycles. The van der Waals surface area contributed by atoms with E-state index in [0.717, 1.165) is 24.8 Å². The average molecular weight is 374 g/mol. The minimum absolute atomic E-state index is 0.0499. The van der Waals surface area contributed by atoms with Gasteiger partial charge >= 0.3 is 5.97 Å². The van der Waals surface area contributed by atoms with Crippen LogP contribution in [0.1, 0.15) is 56.0 Å². The van der Waals surface area contributed by atoms with Crippen molar-refractivity contribution in [2.24, 2.45) is 11.3 Å². The first-order chi connectivity index (χ1) is 12.7. The third-order valence-corrected chi connectivity index (χ3v) is 5.03. The standard InChI is InChI=1S/C21H30N2O4/c1-21(2,3)20(27)22-11-8-18(24)23-12-9-15(10-13-23)14-16-6-4-5-7-17(16)19(25)26/h4-7,15H,8-14H2,1-3H3,(H,22,27)(H,25,26). The molecule has 6 heteroatoms. The zero-order chi connectivity index (χ0) is 20.0. The fourth-order valence-corrected chi connectivity index (χ4v) is 3.31. The number of nitrogens with zero attached hydrogens (tertiary/aromatic N) is 1. The van der Waals surface area contributed by atoms with Crippen molar-refractivity contribution < 1.29 is 19.5 Å². The van der Waals surface area contributed by atoms with E-state index in [4.69, 9.17) is 0 Å². The number of carboxylic acids is 1. The molecule has 0 saturated carbocycles. The monoisotopic (exact) mass is 374 g/mol. The maximum atomic E-state index is 12.3. The van der Waals surface area contributed by atoms with Crippen LogP contribution < -0.4 is 5.32 Å². The number of carbonyl (C=O) groups is 3. The lowest BCUT2D eigenvalue weighted by atomic mass is 9.88. The van der Waals surface area contributed by atoms with Gasteiger partial charge in [0.25, 0.3) is 0 Å². The largest absolute Gasteiger partial charge is 0.478 e. The van der Waals surface area contributed by atoms with E-state index in [-0.39, 0.29) is 11.8 Å². The second-order valence-corrected chi connectivity index (χ2v) is 8.25. The number of nitrogens with one attached hydrogen (secondary N) is 1. The van der Waals surface area contributed by atoms with Crippen molar-refractivity contribution in [2.45, 2.75) is 46.5 Å². The van der Waals surface area contributed by atoms with Crippen LogP contribution in [0.5, 0.6) is 0 Å². The Bertz CT molecular complexity index is 686. The lowest BCUT2D eigenvalue weighted by Gasteiger charge is -2.32. The molecule has 0 spiro atoms. The van der Waals surface area contributed by atoms with E-state index in [1.54, 1.807) is 12.1 Å². The van der Waals surface area contributed by atoms with E-state index in [1.165, 1.54) is 0 Å². The second kappa shape index (κ2) is 9.02. The molecular weight excluding hydrogens is 344 g/mol. The first-order valence-electron chi connectivity index (χ1n) is 9.55. The summed E-state index contributed by atoms with van der Waals surface area (Å²) in [6.45, 7) is 7.27. The van der Waals surface area contributed by atoms with Gasteiger partial charge in [-0.3, -0.25) is 9.59 Å². The van der Waals surface area contributed by atoms with Crippen molar-refractivity contribution in [3.63, 3.8) is 0 Å². The zero-order valence-electron chi connectivity index (χ0n) is 16.5. The van der Waals surface area contributed by atoms with Gasteiger partial charge in [-0.1, -0.05) is 39.0 Å². The maximum absolute atomic E-state index is 12.3. The van der Waals surface area contributed by atoms with Gasteiger partial charge < -0.3 is 15.3 Å². The van der Waals surface area contributed by atoms with Gasteiger partial charge in [-0.15, -0.1) is 0 Å². The Hall–Kier alpha value is -2.37. The Kier molecular flexibility index (Phi) is 6.99. The summed E-state index contributed by atoms with van der Waals surface area (Å²) in [7, 11) is 0. The van der Waals surface area contributed by atoms with E-state index in [9.17, 15) is 19.5 Å². The van der Waals surface area contributed by atoms with E-state index in [2.05, 4.69) is 5.32 Å². The number of benzene rings is 1. The average Bonchev–Trinajstić information content (AvgIpc) is 2.61. The summed E-state index contributed by atoms with van der Waals surface area (Å²) in [5, 5.41) is 12.1. The molecule has 0 radical (unpaired) electrons. The van der Waals surface area contributed by atoms with Crippen LogP contribution in [0.2, 0.25) is 0 Å². The molecule has 1 saturated heterocycles. The predicted molar refractivity (Wildman–Crippen MR) is 103 cm³/mol. The topological polar surface area (TPSA) is 86.7 Å². The van der Waals surface area contributed by atoms with Gasteiger partial charge in [-0.2, -0.15) is 0 Å². The molecule has 1 aromatic carbocycles. The van der Waals surface area contributed by atoms with Crippen molar-refractivity contribution in [1.29, 1.82) is 0 Å². The third-order valence-electron chi connectivity index (χ3n) is 5.03. The summed E-state index contributed by atoms with van der Waals surface area (Å²) < 4.78 is 0. The van der Waals surface area contributed by atoms with Crippen LogP contribution in [-0.2, 0) is 16.0 Å². The quantitative estimate of drug-likeness (QED) is 0.801. The van der Waals surface area contributed by atoms with Crippen molar-refractivity contribution in [1.82, 2.24) is 10.2 Å². The molecule has 0 atom stereocenters. The number of hydrogen-bond donors (Lipinski definition) is 2. The SMILES string of the molecule is CC(C)(C)C(=O)NCCC(=O)N1CCC(Cc2ccccc2C(=O)O)CC1. The first-order valence-corrected chi connectivity index (χ1v) is 9.55. The molecule has 27 heavy (non-hydrogen) atoms. The highest BCUT2D eigenvalue weighted by atomic mass is 16.4. The van der Waals surface area contributed by atoms with Gasteiger partial charge in [0.1, 0.15) is 0 Å². The number of hydrogen-bond acceptors (Lipinski definition) is 3. The van der Waals surface area contributed by atoms with Gasteiger partial charge in [-0.25, -0.2) is 4.79 Å². The number of carboxylic acid groups (broad SMARTS) is 1. The van der Waals surface area contributed by atoms with Crippen molar-refractivity contribution in [3.05, 3.63) is 35.4 Å². The molecule has 2 rings (SSSR count). The first kappa shape index (κ1) is 20.9. The van der Waals surface area contributed by atoms with Crippen molar-refractivity contribution >= 4 is 17.8 Å². The Morgan fingerprint density at radius 2 is 1.78 bits per heavy atom. The normalized spacial score (nSPS) is 15.4. The van der Waals surface area contributed by atoms with E-state index < -0.39 is 11.4 Å². The Morgan fingerprint density at radius 1 is 1.15 bits per heavy atom. The van der Waals surface area contributed by atoms with Crippen molar-refractivity contribution in [3.8, 4) is 0 Å². The summed E-state index contributed by atoms with van der Waals surface area (Å²) in [4.78, 5) is 37.4. The fraction of sp³-hybridized carbons (Fsp3) is 0.571. The molecule has 1 aromatic rings. The summed E-state index contributed by atoms with van der Waals surface area (Å²) in [5.74, 6) is -0.495. The van der Waals surface area contributed by atoms with Gasteiger partial charge in [0, 0.05) is 31.5 Å². The fourth-order valence-electron chi connectivity index (χ4n) is 3.31. The Balaban J connectivity index is 1.77.